The maximum absolute atomic E-state index is 13.8. The third kappa shape index (κ3) is 5.56. The molecule has 0 aliphatic carbocycles. The molecular formula is C45H20N2O13. The van der Waals surface area contributed by atoms with Gasteiger partial charge in [-0.25, -0.2) is 29.0 Å². The largest absolute Gasteiger partial charge is 0.457 e. The van der Waals surface area contributed by atoms with E-state index in [0.717, 1.165) is 9.80 Å². The van der Waals surface area contributed by atoms with E-state index in [9.17, 15) is 43.2 Å². The smallest absolute Gasteiger partial charge is 0.347 e. The van der Waals surface area contributed by atoms with Crippen LogP contribution in [0.4, 0.5) is 11.4 Å². The van der Waals surface area contributed by atoms with Crippen molar-refractivity contribution in [1.29, 1.82) is 0 Å². The van der Waals surface area contributed by atoms with E-state index < -0.39 is 53.3 Å². The molecule has 0 saturated carbocycles. The first kappa shape index (κ1) is 35.6. The highest BCUT2D eigenvalue weighted by Crippen LogP contribution is 2.35. The van der Waals surface area contributed by atoms with Crippen LogP contribution in [0.15, 0.2) is 121 Å². The standard InChI is InChI=1S/C45H20N2O13/c48-37(21-1-13-29-33(17-21)40(51)46(38(29)49)23-3-7-25(8-4-23)57-27-11-15-31-35(19-27)44(55)59-42(31)53)22-2-14-30-34(18-22)41(52)47(39(30)50)24-5-9-26(10-6-24)58-28-12-16-32-36(20-28)45(56)60-43(32)54/h1-20H. The van der Waals surface area contributed by atoms with Crippen molar-refractivity contribution in [1.82, 2.24) is 0 Å². The lowest BCUT2D eigenvalue weighted by Crippen LogP contribution is -2.29. The normalized spacial score (nSPS) is 14.9. The maximum Gasteiger partial charge on any atom is 0.347 e. The Morgan fingerprint density at radius 3 is 1.08 bits per heavy atom. The molecule has 0 N–H and O–H groups in total. The molecule has 6 aromatic carbocycles. The Morgan fingerprint density at radius 1 is 0.350 bits per heavy atom. The highest BCUT2D eigenvalue weighted by Gasteiger charge is 2.39. The Hall–Kier alpha value is -8.85. The molecule has 4 heterocycles. The van der Waals surface area contributed by atoms with E-state index in [2.05, 4.69) is 9.47 Å². The molecule has 0 spiro atoms. The van der Waals surface area contributed by atoms with Gasteiger partial charge in [-0.1, -0.05) is 12.1 Å². The molecule has 4 aliphatic rings. The molecule has 15 heteroatoms. The number of fused-ring (bicyclic) bond motifs is 4. The van der Waals surface area contributed by atoms with Crippen LogP contribution < -0.4 is 19.3 Å². The van der Waals surface area contributed by atoms with E-state index in [1.54, 1.807) is 0 Å². The lowest BCUT2D eigenvalue weighted by atomic mass is 9.96. The van der Waals surface area contributed by atoms with Crippen LogP contribution in [0, 0.1) is 0 Å². The van der Waals surface area contributed by atoms with Crippen LogP contribution in [0.1, 0.15) is 98.8 Å². The topological polar surface area (TPSA) is 197 Å². The van der Waals surface area contributed by atoms with Gasteiger partial charge in [0, 0.05) is 11.1 Å². The van der Waals surface area contributed by atoms with E-state index in [1.165, 1.54) is 121 Å². The van der Waals surface area contributed by atoms with Crippen molar-refractivity contribution in [2.24, 2.45) is 0 Å². The van der Waals surface area contributed by atoms with Crippen molar-refractivity contribution >= 4 is 64.7 Å². The van der Waals surface area contributed by atoms with Crippen LogP contribution in [-0.2, 0) is 9.47 Å². The molecule has 0 saturated heterocycles. The third-order valence-electron chi connectivity index (χ3n) is 10.2. The summed E-state index contributed by atoms with van der Waals surface area (Å²) in [5.74, 6) is -5.04. The van der Waals surface area contributed by atoms with Gasteiger partial charge in [-0.15, -0.1) is 0 Å². The van der Waals surface area contributed by atoms with Crippen LogP contribution in [0.2, 0.25) is 0 Å². The fourth-order valence-corrected chi connectivity index (χ4v) is 7.25. The number of benzene rings is 6. The number of hydrogen-bond acceptors (Lipinski definition) is 13. The Labute approximate surface area is 335 Å². The zero-order valence-corrected chi connectivity index (χ0v) is 30.2. The molecule has 288 valence electrons. The molecule has 0 aromatic heterocycles. The number of imide groups is 2. The summed E-state index contributed by atoms with van der Waals surface area (Å²) in [5.41, 5.74) is 1.12. The molecule has 0 radical (unpaired) electrons. The summed E-state index contributed by atoms with van der Waals surface area (Å²) in [6, 6.07) is 28.7. The van der Waals surface area contributed by atoms with Gasteiger partial charge in [0.05, 0.1) is 55.9 Å². The van der Waals surface area contributed by atoms with Crippen LogP contribution in [-0.4, -0.2) is 53.3 Å². The Morgan fingerprint density at radius 2 is 0.683 bits per heavy atom. The Balaban J connectivity index is 0.831. The fourth-order valence-electron chi connectivity index (χ4n) is 7.25. The molecule has 0 bridgehead atoms. The summed E-state index contributed by atoms with van der Waals surface area (Å²) < 4.78 is 20.8. The second-order valence-electron chi connectivity index (χ2n) is 13.7. The third-order valence-corrected chi connectivity index (χ3v) is 10.2. The molecule has 0 atom stereocenters. The van der Waals surface area contributed by atoms with Crippen molar-refractivity contribution in [3.05, 3.63) is 177 Å². The van der Waals surface area contributed by atoms with Gasteiger partial charge in [-0.2, -0.15) is 0 Å². The second kappa shape index (κ2) is 13.1. The van der Waals surface area contributed by atoms with Crippen molar-refractivity contribution in [2.45, 2.75) is 0 Å². The van der Waals surface area contributed by atoms with Crippen molar-refractivity contribution in [2.75, 3.05) is 9.80 Å². The number of carbonyl (C=O) groups is 9. The number of ether oxygens (including phenoxy) is 4. The van der Waals surface area contributed by atoms with Crippen molar-refractivity contribution < 1.29 is 62.1 Å². The van der Waals surface area contributed by atoms with E-state index >= 15 is 0 Å². The molecule has 60 heavy (non-hydrogen) atoms. The fraction of sp³-hybridized carbons (Fsp3) is 0. The minimum atomic E-state index is -0.781. The number of ketones is 1. The van der Waals surface area contributed by atoms with Gasteiger partial charge in [0.2, 0.25) is 0 Å². The van der Waals surface area contributed by atoms with Gasteiger partial charge < -0.3 is 18.9 Å². The zero-order chi connectivity index (χ0) is 41.6. The first-order valence-corrected chi connectivity index (χ1v) is 17.9. The number of nitrogens with zero attached hydrogens (tertiary/aromatic N) is 2. The van der Waals surface area contributed by atoms with Crippen LogP contribution in [0.3, 0.4) is 0 Å². The number of amides is 4. The molecule has 0 unspecified atom stereocenters. The molecule has 6 aromatic rings. The number of anilines is 2. The lowest BCUT2D eigenvalue weighted by Gasteiger charge is -2.14. The molecule has 15 nitrogen and oxygen atoms in total. The monoisotopic (exact) mass is 796 g/mol. The first-order valence-electron chi connectivity index (χ1n) is 17.9. The summed E-state index contributed by atoms with van der Waals surface area (Å²) in [7, 11) is 0. The van der Waals surface area contributed by atoms with E-state index in [-0.39, 0.29) is 78.5 Å². The van der Waals surface area contributed by atoms with Crippen molar-refractivity contribution in [3.8, 4) is 23.0 Å². The number of carbonyl (C=O) groups excluding carboxylic acids is 9. The van der Waals surface area contributed by atoms with Gasteiger partial charge in [-0.3, -0.25) is 24.0 Å². The number of rotatable bonds is 8. The van der Waals surface area contributed by atoms with Gasteiger partial charge in [-0.05, 0) is 109 Å². The van der Waals surface area contributed by atoms with Crippen LogP contribution in [0.5, 0.6) is 23.0 Å². The minimum absolute atomic E-state index is 0.00875. The summed E-state index contributed by atoms with van der Waals surface area (Å²) >= 11 is 0. The molecule has 10 rings (SSSR count). The maximum atomic E-state index is 13.8. The SMILES string of the molecule is O=C(c1ccc2c(c1)C(=O)N(c1ccc(Oc3ccc4c(c3)C(=O)OC4=O)cc1)C2=O)c1ccc2c(c1)C(=O)N(c1ccc(Oc3ccc4c(c3)C(=O)OC4=O)cc1)C2=O. The van der Waals surface area contributed by atoms with Gasteiger partial charge >= 0.3 is 23.9 Å². The van der Waals surface area contributed by atoms with E-state index in [1.807, 2.05) is 0 Å². The number of cyclic esters (lactones) is 4. The highest BCUT2D eigenvalue weighted by atomic mass is 16.6. The minimum Gasteiger partial charge on any atom is -0.457 e. The van der Waals surface area contributed by atoms with Crippen LogP contribution in [0.25, 0.3) is 0 Å². The zero-order valence-electron chi connectivity index (χ0n) is 30.2. The molecule has 4 amide bonds. The average Bonchev–Trinajstić information content (AvgIpc) is 3.89. The van der Waals surface area contributed by atoms with Gasteiger partial charge in [0.25, 0.3) is 23.6 Å². The van der Waals surface area contributed by atoms with Gasteiger partial charge in [0.1, 0.15) is 23.0 Å². The predicted octanol–water partition coefficient (Wildman–Crippen LogP) is 6.72. The predicted molar refractivity (Wildman–Crippen MR) is 204 cm³/mol. The quantitative estimate of drug-likeness (QED) is 0.0681. The Bertz CT molecular complexity index is 2850. The van der Waals surface area contributed by atoms with E-state index in [0.29, 0.717) is 11.5 Å². The van der Waals surface area contributed by atoms with Crippen LogP contribution >= 0.6 is 0 Å². The molecule has 4 aliphatic heterocycles. The number of esters is 4. The highest BCUT2D eigenvalue weighted by molar-refractivity contribution is 6.36. The van der Waals surface area contributed by atoms with Gasteiger partial charge in [0.15, 0.2) is 5.78 Å². The summed E-state index contributed by atoms with van der Waals surface area (Å²) in [5, 5.41) is 0. The summed E-state index contributed by atoms with van der Waals surface area (Å²) in [6.07, 6.45) is 0. The number of hydrogen-bond donors (Lipinski definition) is 0. The van der Waals surface area contributed by atoms with E-state index in [4.69, 9.17) is 9.47 Å². The summed E-state index contributed by atoms with van der Waals surface area (Å²) in [4.78, 5) is 117. The first-order chi connectivity index (χ1) is 28.9. The Kier molecular flexibility index (Phi) is 7.77. The molecule has 0 fully saturated rings. The average molecular weight is 797 g/mol. The lowest BCUT2D eigenvalue weighted by molar-refractivity contribution is 0.0425. The van der Waals surface area contributed by atoms with Crippen molar-refractivity contribution in [3.63, 3.8) is 0 Å². The molecular weight excluding hydrogens is 776 g/mol. The second-order valence-corrected chi connectivity index (χ2v) is 13.7. The summed E-state index contributed by atoms with van der Waals surface area (Å²) in [6.45, 7) is 0.